The number of guanidine groups is 1. The number of aliphatic imine (C=N–C) groups is 1. The zero-order valence-corrected chi connectivity index (χ0v) is 15.2. The standard InChI is InChI=1S/C17H36N4O/c1-6-18-17(20-13-15-9-8-12-21(15)5)19-11-10-16(14(3)4)22-7-2/h14-16H,6-13H2,1-5H3,(H2,18,19,20). The van der Waals surface area contributed by atoms with Crippen LogP contribution in [-0.2, 0) is 4.74 Å². The molecule has 0 aromatic heterocycles. The van der Waals surface area contributed by atoms with Crippen LogP contribution in [0.2, 0.25) is 0 Å². The Balaban J connectivity index is 2.39. The fraction of sp³-hybridized carbons (Fsp3) is 0.941. The molecule has 5 heteroatoms. The molecule has 130 valence electrons. The van der Waals surface area contributed by atoms with Gasteiger partial charge in [0, 0.05) is 25.7 Å². The first-order valence-corrected chi connectivity index (χ1v) is 8.92. The zero-order chi connectivity index (χ0) is 16.4. The molecule has 0 amide bonds. The second-order valence-corrected chi connectivity index (χ2v) is 6.45. The first kappa shape index (κ1) is 19.2. The van der Waals surface area contributed by atoms with Crippen LogP contribution >= 0.6 is 0 Å². The van der Waals surface area contributed by atoms with Crippen molar-refractivity contribution in [1.82, 2.24) is 15.5 Å². The Bertz CT molecular complexity index is 320. The molecule has 2 atom stereocenters. The summed E-state index contributed by atoms with van der Waals surface area (Å²) in [6, 6.07) is 0.599. The average molecular weight is 313 g/mol. The van der Waals surface area contributed by atoms with Crippen molar-refractivity contribution in [2.45, 2.75) is 59.1 Å². The van der Waals surface area contributed by atoms with Gasteiger partial charge in [0.2, 0.25) is 0 Å². The second kappa shape index (κ2) is 10.8. The SMILES string of the molecule is CCNC(=NCC1CCCN1C)NCCC(OCC)C(C)C. The maximum absolute atomic E-state index is 5.79. The van der Waals surface area contributed by atoms with E-state index in [0.717, 1.165) is 38.6 Å². The molecule has 1 fully saturated rings. The van der Waals surface area contributed by atoms with Crippen molar-refractivity contribution >= 4 is 5.96 Å². The quantitative estimate of drug-likeness (QED) is 0.505. The molecule has 2 unspecified atom stereocenters. The largest absolute Gasteiger partial charge is 0.378 e. The molecule has 0 aromatic rings. The van der Waals surface area contributed by atoms with Crippen LogP contribution in [0.1, 0.15) is 47.0 Å². The molecule has 22 heavy (non-hydrogen) atoms. The van der Waals surface area contributed by atoms with Crippen molar-refractivity contribution in [1.29, 1.82) is 0 Å². The smallest absolute Gasteiger partial charge is 0.191 e. The summed E-state index contributed by atoms with van der Waals surface area (Å²) >= 11 is 0. The van der Waals surface area contributed by atoms with Crippen molar-refractivity contribution < 1.29 is 4.74 Å². The van der Waals surface area contributed by atoms with Gasteiger partial charge in [-0.1, -0.05) is 13.8 Å². The Morgan fingerprint density at radius 1 is 1.32 bits per heavy atom. The molecular weight excluding hydrogens is 276 g/mol. The summed E-state index contributed by atoms with van der Waals surface area (Å²) in [6.45, 7) is 13.3. The van der Waals surface area contributed by atoms with E-state index in [1.165, 1.54) is 19.4 Å². The molecule has 1 heterocycles. The van der Waals surface area contributed by atoms with Crippen LogP contribution in [0.4, 0.5) is 0 Å². The van der Waals surface area contributed by atoms with Crippen LogP contribution in [0, 0.1) is 5.92 Å². The molecule has 2 N–H and O–H groups in total. The van der Waals surface area contributed by atoms with Gasteiger partial charge in [0.1, 0.15) is 0 Å². The summed E-state index contributed by atoms with van der Waals surface area (Å²) in [5.74, 6) is 1.48. The lowest BCUT2D eigenvalue weighted by Gasteiger charge is -2.22. The Morgan fingerprint density at radius 2 is 2.09 bits per heavy atom. The van der Waals surface area contributed by atoms with Crippen molar-refractivity contribution in [2.75, 3.05) is 39.8 Å². The molecule has 1 saturated heterocycles. The van der Waals surface area contributed by atoms with E-state index in [0.29, 0.717) is 18.1 Å². The first-order chi connectivity index (χ1) is 10.6. The monoisotopic (exact) mass is 312 g/mol. The van der Waals surface area contributed by atoms with E-state index < -0.39 is 0 Å². The molecule has 0 radical (unpaired) electrons. The van der Waals surface area contributed by atoms with Gasteiger partial charge in [-0.3, -0.25) is 4.99 Å². The molecule has 0 saturated carbocycles. The number of nitrogens with zero attached hydrogens (tertiary/aromatic N) is 2. The number of rotatable bonds is 9. The molecule has 1 aliphatic rings. The van der Waals surface area contributed by atoms with E-state index >= 15 is 0 Å². The fourth-order valence-electron chi connectivity index (χ4n) is 2.90. The van der Waals surface area contributed by atoms with Crippen LogP contribution in [0.5, 0.6) is 0 Å². The first-order valence-electron chi connectivity index (χ1n) is 8.92. The van der Waals surface area contributed by atoms with Gasteiger partial charge in [-0.2, -0.15) is 0 Å². The Labute approximate surface area is 136 Å². The molecule has 0 aromatic carbocycles. The molecule has 0 spiro atoms. The summed E-state index contributed by atoms with van der Waals surface area (Å²) in [7, 11) is 2.20. The predicted octanol–water partition coefficient (Wildman–Crippen LogP) is 2.09. The predicted molar refractivity (Wildman–Crippen MR) is 94.5 cm³/mol. The summed E-state index contributed by atoms with van der Waals surface area (Å²) in [6.07, 6.45) is 3.89. The lowest BCUT2D eigenvalue weighted by Crippen LogP contribution is -2.40. The van der Waals surface area contributed by atoms with Gasteiger partial charge < -0.3 is 20.3 Å². The van der Waals surface area contributed by atoms with E-state index in [1.807, 2.05) is 0 Å². The number of likely N-dealkylation sites (tertiary alicyclic amines) is 1. The number of likely N-dealkylation sites (N-methyl/N-ethyl adjacent to an activating group) is 1. The van der Waals surface area contributed by atoms with Crippen LogP contribution in [0.3, 0.4) is 0 Å². The summed E-state index contributed by atoms with van der Waals surface area (Å²) in [5, 5.41) is 6.78. The Morgan fingerprint density at radius 3 is 2.64 bits per heavy atom. The third kappa shape index (κ3) is 6.97. The van der Waals surface area contributed by atoms with Crippen molar-refractivity contribution in [3.8, 4) is 0 Å². The number of nitrogens with one attached hydrogen (secondary N) is 2. The molecule has 0 aliphatic carbocycles. The van der Waals surface area contributed by atoms with Gasteiger partial charge >= 0.3 is 0 Å². The van der Waals surface area contributed by atoms with E-state index in [2.05, 4.69) is 50.3 Å². The van der Waals surface area contributed by atoms with Gasteiger partial charge in [-0.15, -0.1) is 0 Å². The maximum Gasteiger partial charge on any atom is 0.191 e. The number of hydrogen-bond donors (Lipinski definition) is 2. The highest BCUT2D eigenvalue weighted by molar-refractivity contribution is 5.79. The molecular formula is C17H36N4O. The minimum atomic E-state index is 0.321. The van der Waals surface area contributed by atoms with E-state index in [-0.39, 0.29) is 0 Å². The number of ether oxygens (including phenoxy) is 1. The zero-order valence-electron chi connectivity index (χ0n) is 15.2. The third-order valence-corrected chi connectivity index (χ3v) is 4.32. The van der Waals surface area contributed by atoms with Gasteiger partial charge in [0.05, 0.1) is 12.6 Å². The average Bonchev–Trinajstić information content (AvgIpc) is 2.89. The van der Waals surface area contributed by atoms with Crippen LogP contribution in [0.15, 0.2) is 4.99 Å². The summed E-state index contributed by atoms with van der Waals surface area (Å²) in [5.41, 5.74) is 0. The molecule has 0 bridgehead atoms. The Kier molecular flexibility index (Phi) is 9.48. The minimum absolute atomic E-state index is 0.321. The molecule has 5 nitrogen and oxygen atoms in total. The van der Waals surface area contributed by atoms with E-state index in [4.69, 9.17) is 9.73 Å². The van der Waals surface area contributed by atoms with Gasteiger partial charge in [0.25, 0.3) is 0 Å². The van der Waals surface area contributed by atoms with E-state index in [9.17, 15) is 0 Å². The van der Waals surface area contributed by atoms with Gasteiger partial charge in [-0.25, -0.2) is 0 Å². The fourth-order valence-corrected chi connectivity index (χ4v) is 2.90. The van der Waals surface area contributed by atoms with Crippen molar-refractivity contribution in [2.24, 2.45) is 10.9 Å². The minimum Gasteiger partial charge on any atom is -0.378 e. The van der Waals surface area contributed by atoms with Gasteiger partial charge in [-0.05, 0) is 52.6 Å². The van der Waals surface area contributed by atoms with E-state index in [1.54, 1.807) is 0 Å². The lowest BCUT2D eigenvalue weighted by atomic mass is 10.0. The second-order valence-electron chi connectivity index (χ2n) is 6.45. The highest BCUT2D eigenvalue weighted by Gasteiger charge is 2.20. The topological polar surface area (TPSA) is 48.9 Å². The van der Waals surface area contributed by atoms with Crippen LogP contribution in [0.25, 0.3) is 0 Å². The van der Waals surface area contributed by atoms with Crippen molar-refractivity contribution in [3.05, 3.63) is 0 Å². The maximum atomic E-state index is 5.79. The normalized spacial score (nSPS) is 21.4. The Hall–Kier alpha value is -0.810. The third-order valence-electron chi connectivity index (χ3n) is 4.32. The highest BCUT2D eigenvalue weighted by atomic mass is 16.5. The summed E-state index contributed by atoms with van der Waals surface area (Å²) < 4.78 is 5.79. The lowest BCUT2D eigenvalue weighted by molar-refractivity contribution is 0.0258. The summed E-state index contributed by atoms with van der Waals surface area (Å²) in [4.78, 5) is 7.16. The molecule has 1 rings (SSSR count). The highest BCUT2D eigenvalue weighted by Crippen LogP contribution is 2.14. The van der Waals surface area contributed by atoms with Crippen molar-refractivity contribution in [3.63, 3.8) is 0 Å². The van der Waals surface area contributed by atoms with Crippen LogP contribution in [-0.4, -0.2) is 62.8 Å². The van der Waals surface area contributed by atoms with Gasteiger partial charge in [0.15, 0.2) is 5.96 Å². The number of hydrogen-bond acceptors (Lipinski definition) is 3. The molecule has 1 aliphatic heterocycles. The van der Waals surface area contributed by atoms with Crippen LogP contribution < -0.4 is 10.6 Å².